The normalized spacial score (nSPS) is 19.4. The molecule has 2 aliphatic heterocycles. The molecule has 0 aliphatic carbocycles. The van der Waals surface area contributed by atoms with Gasteiger partial charge in [-0.2, -0.15) is 0 Å². The summed E-state index contributed by atoms with van der Waals surface area (Å²) in [5.41, 5.74) is 4.89. The van der Waals surface area contributed by atoms with Crippen LogP contribution in [0.15, 0.2) is 48.5 Å². The van der Waals surface area contributed by atoms with Crippen LogP contribution in [0.5, 0.6) is 0 Å². The third-order valence-corrected chi connectivity index (χ3v) is 4.22. The molecule has 0 saturated heterocycles. The molecule has 1 N–H and O–H groups in total. The van der Waals surface area contributed by atoms with Crippen molar-refractivity contribution in [3.8, 4) is 0 Å². The SMILES string of the molecule is O=C(C1Cc2ccccc2N1)N1Cc2ccccc2C1. The van der Waals surface area contributed by atoms with Crippen molar-refractivity contribution in [1.29, 1.82) is 0 Å². The topological polar surface area (TPSA) is 32.3 Å². The van der Waals surface area contributed by atoms with Gasteiger partial charge in [-0.1, -0.05) is 42.5 Å². The second-order valence-corrected chi connectivity index (χ2v) is 5.52. The Morgan fingerprint density at radius 3 is 2.20 bits per heavy atom. The van der Waals surface area contributed by atoms with Crippen molar-refractivity contribution in [2.45, 2.75) is 25.6 Å². The molecule has 20 heavy (non-hydrogen) atoms. The van der Waals surface area contributed by atoms with Crippen LogP contribution in [-0.4, -0.2) is 16.8 Å². The highest BCUT2D eigenvalue weighted by Crippen LogP contribution is 2.29. The fourth-order valence-electron chi connectivity index (χ4n) is 3.16. The van der Waals surface area contributed by atoms with E-state index in [0.29, 0.717) is 0 Å². The van der Waals surface area contributed by atoms with Crippen molar-refractivity contribution in [1.82, 2.24) is 4.90 Å². The predicted molar refractivity (Wildman–Crippen MR) is 78.3 cm³/mol. The summed E-state index contributed by atoms with van der Waals surface area (Å²) in [4.78, 5) is 14.6. The number of nitrogens with zero attached hydrogens (tertiary/aromatic N) is 1. The molecule has 4 rings (SSSR count). The minimum atomic E-state index is -0.110. The Morgan fingerprint density at radius 2 is 1.55 bits per heavy atom. The standard InChI is InChI=1S/C17H16N2O/c20-17(16-9-12-5-3-4-8-15(12)18-16)19-10-13-6-1-2-7-14(13)11-19/h1-8,16,18H,9-11H2. The van der Waals surface area contributed by atoms with Crippen LogP contribution in [0.4, 0.5) is 5.69 Å². The lowest BCUT2D eigenvalue weighted by molar-refractivity contribution is -0.132. The Hall–Kier alpha value is -2.29. The van der Waals surface area contributed by atoms with Crippen molar-refractivity contribution < 1.29 is 4.79 Å². The van der Waals surface area contributed by atoms with Gasteiger partial charge in [0.15, 0.2) is 0 Å². The number of carbonyl (C=O) groups is 1. The fourth-order valence-corrected chi connectivity index (χ4v) is 3.16. The molecule has 3 nitrogen and oxygen atoms in total. The molecule has 1 unspecified atom stereocenters. The first-order chi connectivity index (χ1) is 9.81. The maximum Gasteiger partial charge on any atom is 0.246 e. The number of hydrogen-bond acceptors (Lipinski definition) is 2. The van der Waals surface area contributed by atoms with Crippen LogP contribution in [-0.2, 0) is 24.3 Å². The quantitative estimate of drug-likeness (QED) is 0.858. The van der Waals surface area contributed by atoms with Gasteiger partial charge in [0.05, 0.1) is 0 Å². The van der Waals surface area contributed by atoms with Crippen LogP contribution in [0, 0.1) is 0 Å². The molecule has 2 aromatic rings. The lowest BCUT2D eigenvalue weighted by atomic mass is 10.1. The zero-order valence-electron chi connectivity index (χ0n) is 11.2. The summed E-state index contributed by atoms with van der Waals surface area (Å²) in [5.74, 6) is 0.206. The van der Waals surface area contributed by atoms with E-state index >= 15 is 0 Å². The van der Waals surface area contributed by atoms with E-state index < -0.39 is 0 Å². The van der Waals surface area contributed by atoms with Crippen LogP contribution >= 0.6 is 0 Å². The highest BCUT2D eigenvalue weighted by atomic mass is 16.2. The number of carbonyl (C=O) groups excluding carboxylic acids is 1. The summed E-state index contributed by atoms with van der Waals surface area (Å²) in [6.45, 7) is 1.48. The largest absolute Gasteiger partial charge is 0.373 e. The van der Waals surface area contributed by atoms with E-state index in [4.69, 9.17) is 0 Å². The number of para-hydroxylation sites is 1. The van der Waals surface area contributed by atoms with Gasteiger partial charge in [0.1, 0.15) is 6.04 Å². The van der Waals surface area contributed by atoms with E-state index in [1.807, 2.05) is 35.2 Å². The predicted octanol–water partition coefficient (Wildman–Crippen LogP) is 2.57. The van der Waals surface area contributed by atoms with Gasteiger partial charge in [0.2, 0.25) is 5.91 Å². The Bertz CT molecular complexity index is 573. The molecule has 2 aromatic carbocycles. The van der Waals surface area contributed by atoms with Crippen molar-refractivity contribution in [2.24, 2.45) is 0 Å². The van der Waals surface area contributed by atoms with Crippen LogP contribution in [0.1, 0.15) is 16.7 Å². The van der Waals surface area contributed by atoms with Gasteiger partial charge in [-0.25, -0.2) is 0 Å². The summed E-state index contributed by atoms with van der Waals surface area (Å²) < 4.78 is 0. The Balaban J connectivity index is 1.51. The van der Waals surface area contributed by atoms with Crippen molar-refractivity contribution >= 4 is 11.6 Å². The van der Waals surface area contributed by atoms with E-state index in [9.17, 15) is 4.79 Å². The van der Waals surface area contributed by atoms with Crippen LogP contribution in [0.25, 0.3) is 0 Å². The zero-order chi connectivity index (χ0) is 13.5. The van der Waals surface area contributed by atoms with E-state index in [2.05, 4.69) is 23.5 Å². The Labute approximate surface area is 118 Å². The molecule has 0 aromatic heterocycles. The number of anilines is 1. The molecule has 0 spiro atoms. The maximum atomic E-state index is 12.6. The Morgan fingerprint density at radius 1 is 0.950 bits per heavy atom. The summed E-state index contributed by atoms with van der Waals surface area (Å²) in [6.07, 6.45) is 0.794. The number of fused-ring (bicyclic) bond motifs is 2. The van der Waals surface area contributed by atoms with Gasteiger partial charge in [0, 0.05) is 25.2 Å². The molecule has 2 heterocycles. The van der Waals surface area contributed by atoms with E-state index in [0.717, 1.165) is 25.2 Å². The first-order valence-corrected chi connectivity index (χ1v) is 7.01. The van der Waals surface area contributed by atoms with E-state index in [-0.39, 0.29) is 11.9 Å². The summed E-state index contributed by atoms with van der Waals surface area (Å²) in [6, 6.07) is 16.4. The third-order valence-electron chi connectivity index (χ3n) is 4.22. The van der Waals surface area contributed by atoms with Crippen molar-refractivity contribution in [3.63, 3.8) is 0 Å². The molecular weight excluding hydrogens is 248 g/mol. The molecular formula is C17H16N2O. The third kappa shape index (κ3) is 1.78. The molecule has 0 bridgehead atoms. The molecule has 0 saturated carbocycles. The van der Waals surface area contributed by atoms with Gasteiger partial charge >= 0.3 is 0 Å². The van der Waals surface area contributed by atoms with Crippen molar-refractivity contribution in [2.75, 3.05) is 5.32 Å². The molecule has 3 heteroatoms. The zero-order valence-corrected chi connectivity index (χ0v) is 11.2. The summed E-state index contributed by atoms with van der Waals surface area (Å²) in [5, 5.41) is 3.35. The minimum absolute atomic E-state index is 0.110. The van der Waals surface area contributed by atoms with E-state index in [1.54, 1.807) is 0 Å². The van der Waals surface area contributed by atoms with Crippen LogP contribution in [0.3, 0.4) is 0 Å². The van der Waals surface area contributed by atoms with Gasteiger partial charge in [-0.3, -0.25) is 4.79 Å². The van der Waals surface area contributed by atoms with Gasteiger partial charge in [0.25, 0.3) is 0 Å². The van der Waals surface area contributed by atoms with Gasteiger partial charge in [-0.05, 0) is 22.8 Å². The highest BCUT2D eigenvalue weighted by Gasteiger charge is 2.32. The van der Waals surface area contributed by atoms with Crippen molar-refractivity contribution in [3.05, 3.63) is 65.2 Å². The van der Waals surface area contributed by atoms with Crippen LogP contribution < -0.4 is 5.32 Å². The number of rotatable bonds is 1. The smallest absolute Gasteiger partial charge is 0.246 e. The van der Waals surface area contributed by atoms with Gasteiger partial charge < -0.3 is 10.2 Å². The summed E-state index contributed by atoms with van der Waals surface area (Å²) >= 11 is 0. The maximum absolute atomic E-state index is 12.6. The fraction of sp³-hybridized carbons (Fsp3) is 0.235. The van der Waals surface area contributed by atoms with Crippen LogP contribution in [0.2, 0.25) is 0 Å². The minimum Gasteiger partial charge on any atom is -0.373 e. The molecule has 1 atom stereocenters. The highest BCUT2D eigenvalue weighted by molar-refractivity contribution is 5.87. The average Bonchev–Trinajstić information content (AvgIpc) is 3.10. The molecule has 1 amide bonds. The van der Waals surface area contributed by atoms with Gasteiger partial charge in [-0.15, -0.1) is 0 Å². The number of hydrogen-bond donors (Lipinski definition) is 1. The lowest BCUT2D eigenvalue weighted by Gasteiger charge is -2.20. The summed E-state index contributed by atoms with van der Waals surface area (Å²) in [7, 11) is 0. The monoisotopic (exact) mass is 264 g/mol. The first-order valence-electron chi connectivity index (χ1n) is 7.01. The second-order valence-electron chi connectivity index (χ2n) is 5.52. The van der Waals surface area contributed by atoms with E-state index in [1.165, 1.54) is 16.7 Å². The Kier molecular flexibility index (Phi) is 2.52. The first kappa shape index (κ1) is 11.5. The molecule has 100 valence electrons. The molecule has 0 radical (unpaired) electrons. The molecule has 0 fully saturated rings. The number of nitrogens with one attached hydrogen (secondary N) is 1. The lowest BCUT2D eigenvalue weighted by Crippen LogP contribution is -2.39. The number of amides is 1. The number of benzene rings is 2. The average molecular weight is 264 g/mol. The molecule has 2 aliphatic rings. The second kappa shape index (κ2) is 4.37.